The van der Waals surface area contributed by atoms with E-state index in [1.165, 1.54) is 5.01 Å². The number of esters is 1. The minimum Gasteiger partial charge on any atom is -0.497 e. The zero-order valence-electron chi connectivity index (χ0n) is 19.1. The lowest BCUT2D eigenvalue weighted by atomic mass is 9.98. The Morgan fingerprint density at radius 1 is 0.882 bits per heavy atom. The minimum absolute atomic E-state index is 0.0672. The molecule has 34 heavy (non-hydrogen) atoms. The van der Waals surface area contributed by atoms with Crippen LogP contribution in [0.2, 0.25) is 0 Å². The van der Waals surface area contributed by atoms with Gasteiger partial charge in [0.2, 0.25) is 0 Å². The largest absolute Gasteiger partial charge is 0.497 e. The fourth-order valence-corrected chi connectivity index (χ4v) is 3.80. The second kappa shape index (κ2) is 10.7. The van der Waals surface area contributed by atoms with E-state index in [4.69, 9.17) is 14.2 Å². The summed E-state index contributed by atoms with van der Waals surface area (Å²) in [7, 11) is 3.19. The van der Waals surface area contributed by atoms with Gasteiger partial charge >= 0.3 is 5.97 Å². The number of methoxy groups -OCH3 is 2. The SMILES string of the molecule is COc1ccc(CC(=O)OCC(=O)N2N=C(c3ccccc3)C[C@H]2c2ccc(OC)cc2)cc1. The van der Waals surface area contributed by atoms with Gasteiger partial charge in [0.25, 0.3) is 5.91 Å². The quantitative estimate of drug-likeness (QED) is 0.474. The van der Waals surface area contributed by atoms with Crippen molar-refractivity contribution in [2.24, 2.45) is 5.10 Å². The molecule has 4 rings (SSSR count). The van der Waals surface area contributed by atoms with Gasteiger partial charge in [-0.2, -0.15) is 5.10 Å². The first-order valence-electron chi connectivity index (χ1n) is 10.9. The van der Waals surface area contributed by atoms with Crippen molar-refractivity contribution in [1.82, 2.24) is 5.01 Å². The molecule has 0 spiro atoms. The lowest BCUT2D eigenvalue weighted by Crippen LogP contribution is -2.31. The molecule has 0 aliphatic carbocycles. The summed E-state index contributed by atoms with van der Waals surface area (Å²) < 4.78 is 15.7. The molecule has 1 heterocycles. The van der Waals surface area contributed by atoms with E-state index >= 15 is 0 Å². The van der Waals surface area contributed by atoms with E-state index in [0.29, 0.717) is 12.2 Å². The van der Waals surface area contributed by atoms with Crippen molar-refractivity contribution >= 4 is 17.6 Å². The fourth-order valence-electron chi connectivity index (χ4n) is 3.80. The zero-order chi connectivity index (χ0) is 23.9. The van der Waals surface area contributed by atoms with Crippen LogP contribution in [-0.2, 0) is 20.7 Å². The first-order valence-corrected chi connectivity index (χ1v) is 10.9. The first-order chi connectivity index (χ1) is 16.6. The normalized spacial score (nSPS) is 14.9. The van der Waals surface area contributed by atoms with Gasteiger partial charge in [-0.3, -0.25) is 9.59 Å². The Bertz CT molecular complexity index is 1160. The molecule has 0 saturated heterocycles. The molecule has 174 valence electrons. The van der Waals surface area contributed by atoms with E-state index in [0.717, 1.165) is 28.2 Å². The van der Waals surface area contributed by atoms with Crippen LogP contribution in [-0.4, -0.2) is 43.4 Å². The number of nitrogens with zero attached hydrogens (tertiary/aromatic N) is 2. The molecule has 1 aliphatic rings. The van der Waals surface area contributed by atoms with Crippen molar-refractivity contribution in [2.45, 2.75) is 18.9 Å². The Morgan fingerprint density at radius 3 is 2.12 bits per heavy atom. The molecule has 0 N–H and O–H groups in total. The lowest BCUT2D eigenvalue weighted by molar-refractivity contribution is -0.152. The number of carbonyl (C=O) groups is 2. The molecule has 1 aliphatic heterocycles. The highest BCUT2D eigenvalue weighted by Gasteiger charge is 2.33. The summed E-state index contributed by atoms with van der Waals surface area (Å²) in [6.07, 6.45) is 0.625. The number of benzene rings is 3. The van der Waals surface area contributed by atoms with Crippen molar-refractivity contribution in [3.05, 3.63) is 95.6 Å². The maximum absolute atomic E-state index is 13.1. The summed E-state index contributed by atoms with van der Waals surface area (Å²) >= 11 is 0. The Hall–Kier alpha value is -4.13. The third-order valence-corrected chi connectivity index (χ3v) is 5.64. The summed E-state index contributed by atoms with van der Waals surface area (Å²) in [5.74, 6) is 0.579. The molecule has 0 bridgehead atoms. The van der Waals surface area contributed by atoms with Crippen LogP contribution >= 0.6 is 0 Å². The van der Waals surface area contributed by atoms with Crippen molar-refractivity contribution in [1.29, 1.82) is 0 Å². The smallest absolute Gasteiger partial charge is 0.310 e. The fraction of sp³-hybridized carbons (Fsp3) is 0.222. The summed E-state index contributed by atoms with van der Waals surface area (Å²) in [4.78, 5) is 25.4. The average molecular weight is 459 g/mol. The molecule has 0 saturated carbocycles. The lowest BCUT2D eigenvalue weighted by Gasteiger charge is -2.22. The molecule has 1 amide bonds. The number of ether oxygens (including phenoxy) is 3. The van der Waals surface area contributed by atoms with Crippen molar-refractivity contribution < 1.29 is 23.8 Å². The minimum atomic E-state index is -0.481. The summed E-state index contributed by atoms with van der Waals surface area (Å²) in [5, 5.41) is 6.03. The first kappa shape index (κ1) is 23.0. The number of hydrogen-bond donors (Lipinski definition) is 0. The van der Waals surface area contributed by atoms with E-state index in [1.807, 2.05) is 54.6 Å². The maximum Gasteiger partial charge on any atom is 0.310 e. The van der Waals surface area contributed by atoms with E-state index < -0.39 is 5.97 Å². The van der Waals surface area contributed by atoms with Gasteiger partial charge in [-0.1, -0.05) is 54.6 Å². The molecule has 3 aromatic rings. The van der Waals surface area contributed by atoms with Gasteiger partial charge in [-0.05, 0) is 41.0 Å². The standard InChI is InChI=1S/C27H26N2O5/c1-32-22-12-8-19(9-13-22)16-27(31)34-18-26(30)29-25(21-10-14-23(33-2)15-11-21)17-24(28-29)20-6-4-3-5-7-20/h3-15,25H,16-18H2,1-2H3/t25-/m0/s1. The molecule has 3 aromatic carbocycles. The summed E-state index contributed by atoms with van der Waals surface area (Å²) in [6, 6.07) is 24.1. The van der Waals surface area contributed by atoms with Crippen LogP contribution in [0.3, 0.4) is 0 Å². The van der Waals surface area contributed by atoms with Gasteiger partial charge in [0.15, 0.2) is 6.61 Å². The molecule has 0 aromatic heterocycles. The molecule has 0 radical (unpaired) electrons. The van der Waals surface area contributed by atoms with Gasteiger partial charge in [0, 0.05) is 6.42 Å². The average Bonchev–Trinajstić information content (AvgIpc) is 3.34. The van der Waals surface area contributed by atoms with Gasteiger partial charge in [-0.15, -0.1) is 0 Å². The van der Waals surface area contributed by atoms with Crippen molar-refractivity contribution in [2.75, 3.05) is 20.8 Å². The summed E-state index contributed by atoms with van der Waals surface area (Å²) in [6.45, 7) is -0.382. The molecule has 0 fully saturated rings. The van der Waals surface area contributed by atoms with Crippen LogP contribution < -0.4 is 9.47 Å². The van der Waals surface area contributed by atoms with Crippen LogP contribution in [0.1, 0.15) is 29.2 Å². The van der Waals surface area contributed by atoms with Gasteiger partial charge in [0.05, 0.1) is 32.4 Å². The number of rotatable bonds is 8. The highest BCUT2D eigenvalue weighted by molar-refractivity contribution is 6.03. The topological polar surface area (TPSA) is 77.4 Å². The number of hydrazone groups is 1. The predicted octanol–water partition coefficient (Wildman–Crippen LogP) is 4.17. The molecular weight excluding hydrogens is 432 g/mol. The molecule has 7 heteroatoms. The second-order valence-corrected chi connectivity index (χ2v) is 7.83. The van der Waals surface area contributed by atoms with E-state index in [2.05, 4.69) is 5.10 Å². The van der Waals surface area contributed by atoms with E-state index in [1.54, 1.807) is 38.5 Å². The van der Waals surface area contributed by atoms with Crippen molar-refractivity contribution in [3.8, 4) is 11.5 Å². The monoisotopic (exact) mass is 458 g/mol. The Balaban J connectivity index is 1.46. The molecule has 1 atom stereocenters. The third-order valence-electron chi connectivity index (χ3n) is 5.64. The molecular formula is C27H26N2O5. The number of hydrogen-bond acceptors (Lipinski definition) is 6. The maximum atomic E-state index is 13.1. The van der Waals surface area contributed by atoms with Crippen LogP contribution in [0, 0.1) is 0 Å². The number of carbonyl (C=O) groups excluding carboxylic acids is 2. The van der Waals surface area contributed by atoms with Crippen molar-refractivity contribution in [3.63, 3.8) is 0 Å². The highest BCUT2D eigenvalue weighted by Crippen LogP contribution is 2.33. The van der Waals surface area contributed by atoms with Gasteiger partial charge < -0.3 is 14.2 Å². The van der Waals surface area contributed by atoms with Gasteiger partial charge in [0.1, 0.15) is 11.5 Å². The second-order valence-electron chi connectivity index (χ2n) is 7.83. The zero-order valence-corrected chi connectivity index (χ0v) is 19.1. The Kier molecular flexibility index (Phi) is 7.22. The van der Waals surface area contributed by atoms with Crippen LogP contribution in [0.15, 0.2) is 84.0 Å². The Labute approximate surface area is 198 Å². The van der Waals surface area contributed by atoms with E-state index in [-0.39, 0.29) is 25.0 Å². The van der Waals surface area contributed by atoms with Gasteiger partial charge in [-0.25, -0.2) is 5.01 Å². The molecule has 0 unspecified atom stereocenters. The number of amides is 1. The van der Waals surface area contributed by atoms with Crippen LogP contribution in [0.4, 0.5) is 0 Å². The highest BCUT2D eigenvalue weighted by atomic mass is 16.5. The summed E-state index contributed by atoms with van der Waals surface area (Å²) in [5.41, 5.74) is 3.46. The van der Waals surface area contributed by atoms with E-state index in [9.17, 15) is 9.59 Å². The third kappa shape index (κ3) is 5.43. The molecule has 7 nitrogen and oxygen atoms in total. The van der Waals surface area contributed by atoms with Crippen LogP contribution in [0.25, 0.3) is 0 Å². The predicted molar refractivity (Wildman–Crippen MR) is 128 cm³/mol. The Morgan fingerprint density at radius 2 is 1.50 bits per heavy atom. The van der Waals surface area contributed by atoms with Crippen LogP contribution in [0.5, 0.6) is 11.5 Å².